The minimum Gasteiger partial charge on any atom is -0.496 e. The number of benzene rings is 6. The van der Waals surface area contributed by atoms with E-state index in [1.807, 2.05) is 103 Å². The molecule has 1 saturated heterocycles. The van der Waals surface area contributed by atoms with E-state index in [4.69, 9.17) is 37.9 Å². The summed E-state index contributed by atoms with van der Waals surface area (Å²) in [6.07, 6.45) is -1.81. The van der Waals surface area contributed by atoms with Crippen molar-refractivity contribution >= 4 is 0 Å². The van der Waals surface area contributed by atoms with Crippen LogP contribution in [0.15, 0.2) is 164 Å². The van der Waals surface area contributed by atoms with Crippen molar-refractivity contribution in [2.45, 2.75) is 57.3 Å². The van der Waals surface area contributed by atoms with E-state index in [0.29, 0.717) is 57.6 Å². The number of methoxy groups -OCH3 is 1. The highest BCUT2D eigenvalue weighted by Gasteiger charge is 2.45. The maximum atomic E-state index is 7.17. The van der Waals surface area contributed by atoms with E-state index in [0.717, 1.165) is 56.0 Å². The summed E-state index contributed by atoms with van der Waals surface area (Å²) >= 11 is 0. The van der Waals surface area contributed by atoms with E-state index in [1.165, 1.54) is 0 Å². The molecule has 0 spiro atoms. The Hall–Kier alpha value is -5.90. The first-order valence-electron chi connectivity index (χ1n) is 20.1. The van der Waals surface area contributed by atoms with Gasteiger partial charge < -0.3 is 37.9 Å². The van der Waals surface area contributed by atoms with Crippen LogP contribution in [0.3, 0.4) is 0 Å². The van der Waals surface area contributed by atoms with Gasteiger partial charge in [-0.05, 0) is 57.2 Å². The summed E-state index contributed by atoms with van der Waals surface area (Å²) in [6, 6.07) is 50.7. The molecule has 302 valence electrons. The Bertz CT molecular complexity index is 2250. The minimum atomic E-state index is -0.661. The number of ether oxygens (including phenoxy) is 8. The maximum Gasteiger partial charge on any atom is 0.161 e. The van der Waals surface area contributed by atoms with Crippen LogP contribution in [0.4, 0.5) is 0 Å². The molecule has 0 aromatic heterocycles. The minimum absolute atomic E-state index is 0.265. The van der Waals surface area contributed by atoms with Crippen molar-refractivity contribution < 1.29 is 37.9 Å². The zero-order valence-electron chi connectivity index (χ0n) is 33.4. The topological polar surface area (TPSA) is 73.8 Å². The molecule has 1 fully saturated rings. The SMILES string of the molecule is C=C1[C@@H](COCc2ccccc2)O[C@@H](c2cc(Cc3ccc4c(c3)OCCO4)c(OC)cc2OCc2ccccc2)[C@H](OCc2ccccc2)[C@H]1OCc1ccccc1. The van der Waals surface area contributed by atoms with E-state index in [-0.39, 0.29) is 6.61 Å². The van der Waals surface area contributed by atoms with E-state index >= 15 is 0 Å². The molecule has 0 saturated carbocycles. The van der Waals surface area contributed by atoms with Gasteiger partial charge in [-0.15, -0.1) is 0 Å². The fourth-order valence-electron chi connectivity index (χ4n) is 7.51. The van der Waals surface area contributed by atoms with Gasteiger partial charge in [0.1, 0.15) is 55.7 Å². The van der Waals surface area contributed by atoms with Gasteiger partial charge in [-0.25, -0.2) is 0 Å². The molecule has 0 amide bonds. The molecule has 6 aromatic rings. The van der Waals surface area contributed by atoms with Crippen molar-refractivity contribution in [3.8, 4) is 23.0 Å². The lowest BCUT2D eigenvalue weighted by Gasteiger charge is -2.43. The summed E-state index contributed by atoms with van der Waals surface area (Å²) in [6.45, 7) is 7.36. The van der Waals surface area contributed by atoms with Gasteiger partial charge in [0.05, 0.1) is 33.5 Å². The summed E-state index contributed by atoms with van der Waals surface area (Å²) in [5, 5.41) is 0. The Balaban J connectivity index is 1.20. The molecule has 59 heavy (non-hydrogen) atoms. The van der Waals surface area contributed by atoms with Crippen LogP contribution < -0.4 is 18.9 Å². The maximum absolute atomic E-state index is 7.17. The molecule has 2 heterocycles. The molecule has 4 atom stereocenters. The van der Waals surface area contributed by atoms with Crippen LogP contribution in [-0.2, 0) is 51.8 Å². The van der Waals surface area contributed by atoms with Crippen molar-refractivity contribution in [3.05, 3.63) is 203 Å². The van der Waals surface area contributed by atoms with Crippen LogP contribution in [-0.4, -0.2) is 45.2 Å². The van der Waals surface area contributed by atoms with Crippen molar-refractivity contribution in [2.75, 3.05) is 26.9 Å². The van der Waals surface area contributed by atoms with E-state index < -0.39 is 24.4 Å². The molecule has 0 aliphatic carbocycles. The average molecular weight is 791 g/mol. The average Bonchev–Trinajstić information content (AvgIpc) is 3.29. The van der Waals surface area contributed by atoms with Gasteiger partial charge in [0, 0.05) is 18.1 Å². The highest BCUT2D eigenvalue weighted by atomic mass is 16.6. The second-order valence-electron chi connectivity index (χ2n) is 14.7. The molecular formula is C51H50O8. The van der Waals surface area contributed by atoms with Crippen molar-refractivity contribution in [2.24, 2.45) is 0 Å². The van der Waals surface area contributed by atoms with Crippen molar-refractivity contribution in [3.63, 3.8) is 0 Å². The van der Waals surface area contributed by atoms with Crippen LogP contribution in [0.2, 0.25) is 0 Å². The van der Waals surface area contributed by atoms with Gasteiger partial charge in [0.15, 0.2) is 11.5 Å². The summed E-state index contributed by atoms with van der Waals surface area (Å²) in [7, 11) is 1.68. The van der Waals surface area contributed by atoms with E-state index in [2.05, 4.69) is 55.1 Å². The first kappa shape index (κ1) is 39.9. The molecule has 2 aliphatic rings. The van der Waals surface area contributed by atoms with Crippen LogP contribution in [0, 0.1) is 0 Å². The third kappa shape index (κ3) is 10.2. The number of hydrogen-bond acceptors (Lipinski definition) is 8. The lowest BCUT2D eigenvalue weighted by molar-refractivity contribution is -0.191. The zero-order chi connectivity index (χ0) is 40.2. The van der Waals surface area contributed by atoms with Crippen molar-refractivity contribution in [1.82, 2.24) is 0 Å². The quantitative estimate of drug-likeness (QED) is 0.0846. The third-order valence-electron chi connectivity index (χ3n) is 10.6. The predicted octanol–water partition coefficient (Wildman–Crippen LogP) is 10.0. The van der Waals surface area contributed by atoms with Gasteiger partial charge in [-0.3, -0.25) is 0 Å². The fourth-order valence-corrected chi connectivity index (χ4v) is 7.51. The van der Waals surface area contributed by atoms with Gasteiger partial charge >= 0.3 is 0 Å². The Morgan fingerprint density at radius 2 is 1.15 bits per heavy atom. The first-order valence-corrected chi connectivity index (χ1v) is 20.1. The zero-order valence-corrected chi connectivity index (χ0v) is 33.4. The Morgan fingerprint density at radius 3 is 1.78 bits per heavy atom. The molecule has 8 nitrogen and oxygen atoms in total. The number of hydrogen-bond donors (Lipinski definition) is 0. The second-order valence-corrected chi connectivity index (χ2v) is 14.7. The number of rotatable bonds is 17. The van der Waals surface area contributed by atoms with Gasteiger partial charge in [-0.1, -0.05) is 134 Å². The van der Waals surface area contributed by atoms with Gasteiger partial charge in [0.25, 0.3) is 0 Å². The lowest BCUT2D eigenvalue weighted by Crippen LogP contribution is -2.49. The van der Waals surface area contributed by atoms with Crippen LogP contribution in [0.25, 0.3) is 0 Å². The molecule has 0 N–H and O–H groups in total. The molecule has 0 unspecified atom stereocenters. The summed E-state index contributed by atoms with van der Waals surface area (Å²) < 4.78 is 51.9. The Labute approximate surface area is 346 Å². The summed E-state index contributed by atoms with van der Waals surface area (Å²) in [5.41, 5.74) is 7.72. The van der Waals surface area contributed by atoms with Crippen LogP contribution in [0.1, 0.15) is 45.0 Å². The second kappa shape index (κ2) is 19.7. The largest absolute Gasteiger partial charge is 0.496 e. The van der Waals surface area contributed by atoms with Crippen molar-refractivity contribution in [1.29, 1.82) is 0 Å². The van der Waals surface area contributed by atoms with E-state index in [1.54, 1.807) is 7.11 Å². The first-order chi connectivity index (χ1) is 29.1. The van der Waals surface area contributed by atoms with Gasteiger partial charge in [-0.2, -0.15) is 0 Å². The van der Waals surface area contributed by atoms with Gasteiger partial charge in [0.2, 0.25) is 0 Å². The fraction of sp³-hybridized carbons (Fsp3) is 0.255. The highest BCUT2D eigenvalue weighted by Crippen LogP contribution is 2.45. The van der Waals surface area contributed by atoms with Crippen LogP contribution in [0.5, 0.6) is 23.0 Å². The normalized spacial score (nSPS) is 18.6. The molecule has 8 rings (SSSR count). The number of fused-ring (bicyclic) bond motifs is 1. The molecule has 2 aliphatic heterocycles. The molecule has 0 bridgehead atoms. The molecule has 0 radical (unpaired) electrons. The lowest BCUT2D eigenvalue weighted by atomic mass is 9.87. The molecular weight excluding hydrogens is 741 g/mol. The smallest absolute Gasteiger partial charge is 0.161 e. The standard InChI is InChI=1S/C51H50O8/c1-36-48(35-53-31-37-15-7-3-8-16-37)59-50(51(58-34-40-21-13-6-14-22-40)49(36)57-33-39-19-11-5-12-20-39)43-29-42(27-41-23-24-44-47(28-41)55-26-25-54-44)45(52-2)30-46(43)56-32-38-17-9-4-10-18-38/h3-24,28-30,48-51H,1,25-27,31-35H2,2H3/t48-,49+,50+,51-/m1/s1. The predicted molar refractivity (Wildman–Crippen MR) is 227 cm³/mol. The van der Waals surface area contributed by atoms with E-state index in [9.17, 15) is 0 Å². The monoisotopic (exact) mass is 790 g/mol. The summed E-state index contributed by atoms with van der Waals surface area (Å²) in [5.74, 6) is 2.78. The Morgan fingerprint density at radius 1 is 0.576 bits per heavy atom. The highest BCUT2D eigenvalue weighted by molar-refractivity contribution is 5.52. The van der Waals surface area contributed by atoms with Crippen LogP contribution >= 0.6 is 0 Å². The Kier molecular flexibility index (Phi) is 13.3. The molecule has 8 heteroatoms. The summed E-state index contributed by atoms with van der Waals surface area (Å²) in [4.78, 5) is 0. The third-order valence-corrected chi connectivity index (χ3v) is 10.6. The molecule has 6 aromatic carbocycles.